The molecule has 0 unspecified atom stereocenters. The lowest BCUT2D eigenvalue weighted by Gasteiger charge is -2.21. The van der Waals surface area contributed by atoms with Gasteiger partial charge in [-0.3, -0.25) is 15.2 Å². The van der Waals surface area contributed by atoms with Crippen molar-refractivity contribution >= 4 is 28.5 Å². The molecule has 0 atom stereocenters. The van der Waals surface area contributed by atoms with Crippen LogP contribution in [0.2, 0.25) is 0 Å². The zero-order chi connectivity index (χ0) is 29.1. The fourth-order valence-electron chi connectivity index (χ4n) is 5.16. The number of fused-ring (bicyclic) bond motifs is 2. The molecule has 3 heterocycles. The molecule has 0 saturated carbocycles. The summed E-state index contributed by atoms with van der Waals surface area (Å²) in [6.07, 6.45) is 4.76. The highest BCUT2D eigenvalue weighted by atomic mass is 16.7. The Morgan fingerprint density at radius 3 is 2.50 bits per heavy atom. The lowest BCUT2D eigenvalue weighted by Crippen LogP contribution is -2.35. The van der Waals surface area contributed by atoms with E-state index in [-0.39, 0.29) is 18.5 Å². The van der Waals surface area contributed by atoms with Crippen LogP contribution < -0.4 is 25.8 Å². The maximum absolute atomic E-state index is 13.6. The Kier molecular flexibility index (Phi) is 7.52. The van der Waals surface area contributed by atoms with E-state index in [4.69, 9.17) is 31.3 Å². The number of carbonyl (C=O) groups excluding carboxylic acids is 1. The molecule has 42 heavy (non-hydrogen) atoms. The third-order valence-electron chi connectivity index (χ3n) is 7.31. The minimum atomic E-state index is -0.159. The summed E-state index contributed by atoms with van der Waals surface area (Å²) in [6.45, 7) is 1.49. The summed E-state index contributed by atoms with van der Waals surface area (Å²) < 4.78 is 13.3. The van der Waals surface area contributed by atoms with Crippen LogP contribution in [0.4, 0.5) is 5.69 Å². The molecule has 1 amide bonds. The number of amidine groups is 1. The molecule has 0 bridgehead atoms. The van der Waals surface area contributed by atoms with Crippen molar-refractivity contribution in [2.45, 2.75) is 19.4 Å². The van der Waals surface area contributed by atoms with Gasteiger partial charge < -0.3 is 30.4 Å². The second-order valence-corrected chi connectivity index (χ2v) is 10.1. The number of hydrogen-bond donors (Lipinski definition) is 3. The predicted molar refractivity (Wildman–Crippen MR) is 161 cm³/mol. The zero-order valence-electron chi connectivity index (χ0n) is 23.0. The van der Waals surface area contributed by atoms with E-state index < -0.39 is 0 Å². The smallest absolute Gasteiger partial charge is 0.258 e. The van der Waals surface area contributed by atoms with E-state index in [1.165, 1.54) is 0 Å². The third kappa shape index (κ3) is 5.52. The molecule has 0 fully saturated rings. The number of pyridine rings is 1. The van der Waals surface area contributed by atoms with Crippen LogP contribution in [0.3, 0.4) is 0 Å². The molecular formula is C32H31N7O3. The molecule has 5 N–H and O–H groups in total. The first-order chi connectivity index (χ1) is 20.5. The van der Waals surface area contributed by atoms with Gasteiger partial charge >= 0.3 is 0 Å². The number of rotatable bonds is 10. The Morgan fingerprint density at radius 1 is 0.952 bits per heavy atom. The molecule has 0 spiro atoms. The lowest BCUT2D eigenvalue weighted by atomic mass is 10.1. The fraction of sp³-hybridized carbons (Fsp3) is 0.188. The highest BCUT2D eigenvalue weighted by molar-refractivity contribution is 6.07. The van der Waals surface area contributed by atoms with Gasteiger partial charge in [0.2, 0.25) is 6.79 Å². The molecular weight excluding hydrogens is 530 g/mol. The molecule has 3 aromatic carbocycles. The summed E-state index contributed by atoms with van der Waals surface area (Å²) in [5.41, 5.74) is 17.2. The first kappa shape index (κ1) is 27.0. The van der Waals surface area contributed by atoms with E-state index in [9.17, 15) is 4.79 Å². The quantitative estimate of drug-likeness (QED) is 0.173. The van der Waals surface area contributed by atoms with Crippen molar-refractivity contribution < 1.29 is 14.3 Å². The number of anilines is 1. The standard InChI is InChI=1S/C32H31N7O3/c33-13-15-38(25-2-1-14-36-18-25)32(40)24-9-10-27-26(17-24)37-30(12-6-21-3-7-23(8-4-21)31(34)35)39(27)19-22-5-11-28-29(16-22)42-20-41-28/h1-5,7-11,14,16-18H,6,12-13,15,19-20,33H2,(H3,34,35). The highest BCUT2D eigenvalue weighted by Gasteiger charge is 2.20. The van der Waals surface area contributed by atoms with Crippen molar-refractivity contribution in [1.82, 2.24) is 14.5 Å². The van der Waals surface area contributed by atoms with Gasteiger partial charge in [-0.05, 0) is 60.0 Å². The number of hydrogen-bond acceptors (Lipinski definition) is 7. The Hall–Kier alpha value is -5.22. The number of nitrogens with zero attached hydrogens (tertiary/aromatic N) is 4. The third-order valence-corrected chi connectivity index (χ3v) is 7.31. The van der Waals surface area contributed by atoms with Gasteiger partial charge in [0.25, 0.3) is 5.91 Å². The number of nitrogens with two attached hydrogens (primary N) is 2. The first-order valence-corrected chi connectivity index (χ1v) is 13.7. The molecule has 0 radical (unpaired) electrons. The molecule has 1 aliphatic rings. The number of aromatic nitrogens is 3. The van der Waals surface area contributed by atoms with Gasteiger partial charge in [-0.1, -0.05) is 30.3 Å². The highest BCUT2D eigenvalue weighted by Crippen LogP contribution is 2.33. The van der Waals surface area contributed by atoms with Gasteiger partial charge in [-0.25, -0.2) is 4.98 Å². The van der Waals surface area contributed by atoms with Gasteiger partial charge in [0.15, 0.2) is 11.5 Å². The van der Waals surface area contributed by atoms with Crippen LogP contribution >= 0.6 is 0 Å². The predicted octanol–water partition coefficient (Wildman–Crippen LogP) is 3.88. The van der Waals surface area contributed by atoms with Crippen LogP contribution in [0.5, 0.6) is 11.5 Å². The Bertz CT molecular complexity index is 1750. The Labute approximate surface area is 243 Å². The summed E-state index contributed by atoms with van der Waals surface area (Å²) in [5, 5.41) is 7.64. The maximum Gasteiger partial charge on any atom is 0.258 e. The van der Waals surface area contributed by atoms with Crippen molar-refractivity contribution in [1.29, 1.82) is 5.41 Å². The van der Waals surface area contributed by atoms with E-state index in [2.05, 4.69) is 9.55 Å². The molecule has 2 aromatic heterocycles. The molecule has 1 aliphatic heterocycles. The van der Waals surface area contributed by atoms with E-state index >= 15 is 0 Å². The monoisotopic (exact) mass is 561 g/mol. The van der Waals surface area contributed by atoms with E-state index in [1.807, 2.05) is 66.7 Å². The van der Waals surface area contributed by atoms with Crippen molar-refractivity contribution in [2.75, 3.05) is 24.8 Å². The second kappa shape index (κ2) is 11.7. The average Bonchev–Trinajstić information content (AvgIpc) is 3.63. The van der Waals surface area contributed by atoms with E-state index in [0.717, 1.165) is 45.9 Å². The van der Waals surface area contributed by atoms with Crippen LogP contribution in [-0.4, -0.2) is 46.2 Å². The molecule has 5 aromatic rings. The number of aryl methyl sites for hydroxylation is 2. The second-order valence-electron chi connectivity index (χ2n) is 10.1. The number of ether oxygens (including phenoxy) is 2. The average molecular weight is 562 g/mol. The van der Waals surface area contributed by atoms with Crippen molar-refractivity contribution in [3.05, 3.63) is 113 Å². The lowest BCUT2D eigenvalue weighted by molar-refractivity contribution is 0.0987. The number of benzene rings is 3. The largest absolute Gasteiger partial charge is 0.454 e. The molecule has 0 aliphatic carbocycles. The minimum absolute atomic E-state index is 0.0472. The topological polar surface area (TPSA) is 145 Å². The molecule has 10 heteroatoms. The number of carbonyl (C=O) groups is 1. The number of nitrogens with one attached hydrogen (secondary N) is 1. The van der Waals surface area contributed by atoms with Crippen molar-refractivity contribution in [3.8, 4) is 11.5 Å². The van der Waals surface area contributed by atoms with Crippen molar-refractivity contribution in [2.24, 2.45) is 11.5 Å². The summed E-state index contributed by atoms with van der Waals surface area (Å²) in [4.78, 5) is 24.4. The normalized spacial score (nSPS) is 12.0. The Morgan fingerprint density at radius 2 is 1.74 bits per heavy atom. The van der Waals surface area contributed by atoms with Crippen LogP contribution in [-0.2, 0) is 19.4 Å². The summed E-state index contributed by atoms with van der Waals surface area (Å²) >= 11 is 0. The van der Waals surface area contributed by atoms with Gasteiger partial charge in [0, 0.05) is 43.4 Å². The molecule has 10 nitrogen and oxygen atoms in total. The van der Waals surface area contributed by atoms with Gasteiger partial charge in [0.1, 0.15) is 11.7 Å². The zero-order valence-corrected chi connectivity index (χ0v) is 23.0. The summed E-state index contributed by atoms with van der Waals surface area (Å²) in [7, 11) is 0. The van der Waals surface area contributed by atoms with Crippen LogP contribution in [0.1, 0.15) is 32.9 Å². The number of amides is 1. The van der Waals surface area contributed by atoms with Gasteiger partial charge in [0.05, 0.1) is 22.9 Å². The van der Waals surface area contributed by atoms with Crippen molar-refractivity contribution in [3.63, 3.8) is 0 Å². The number of nitrogen functional groups attached to an aromatic ring is 1. The van der Waals surface area contributed by atoms with Crippen LogP contribution in [0, 0.1) is 5.41 Å². The van der Waals surface area contributed by atoms with Crippen LogP contribution in [0.15, 0.2) is 85.2 Å². The van der Waals surface area contributed by atoms with E-state index in [0.29, 0.717) is 42.9 Å². The minimum Gasteiger partial charge on any atom is -0.454 e. The van der Waals surface area contributed by atoms with Crippen LogP contribution in [0.25, 0.3) is 11.0 Å². The molecule has 0 saturated heterocycles. The Balaban J connectivity index is 1.34. The maximum atomic E-state index is 13.6. The fourth-order valence-corrected chi connectivity index (χ4v) is 5.16. The molecule has 6 rings (SSSR count). The van der Waals surface area contributed by atoms with Gasteiger partial charge in [-0.15, -0.1) is 0 Å². The number of imidazole rings is 1. The summed E-state index contributed by atoms with van der Waals surface area (Å²) in [6, 6.07) is 22.9. The van der Waals surface area contributed by atoms with Gasteiger partial charge in [-0.2, -0.15) is 0 Å². The first-order valence-electron chi connectivity index (χ1n) is 13.7. The summed E-state index contributed by atoms with van der Waals surface area (Å²) in [5.74, 6) is 2.25. The molecule has 212 valence electrons. The van der Waals surface area contributed by atoms with E-state index in [1.54, 1.807) is 23.4 Å². The SMILES string of the molecule is N=C(N)c1ccc(CCc2nc3cc(C(=O)N(CCN)c4cccnc4)ccc3n2Cc2ccc3c(c2)OCO3)cc1.